The topological polar surface area (TPSA) is 24.1 Å². The molecule has 0 saturated carbocycles. The van der Waals surface area contributed by atoms with Gasteiger partial charge in [-0.15, -0.1) is 0 Å². The molecule has 1 saturated heterocycles. The number of benzene rings is 1. The molecule has 0 aliphatic carbocycles. The van der Waals surface area contributed by atoms with Crippen LogP contribution in [-0.2, 0) is 0 Å². The summed E-state index contributed by atoms with van der Waals surface area (Å²) in [4.78, 5) is 0. The second-order valence-electron chi connectivity index (χ2n) is 4.53. The summed E-state index contributed by atoms with van der Waals surface area (Å²) in [6.07, 6.45) is 0. The van der Waals surface area contributed by atoms with Crippen LogP contribution in [0.15, 0.2) is 18.2 Å². The third-order valence-electron chi connectivity index (χ3n) is 3.22. The molecule has 0 amide bonds. The standard InChI is InChI=1S/C13H20N2/c1-9-4-5-12(10(2)8-9)13-11(3)14-6-7-15-13/h4-5,8,11,13-15H,6-7H2,1-3H3. The molecule has 15 heavy (non-hydrogen) atoms. The maximum Gasteiger partial charge on any atom is 0.0476 e. The molecule has 1 aromatic rings. The van der Waals surface area contributed by atoms with Crippen molar-refractivity contribution in [2.24, 2.45) is 0 Å². The summed E-state index contributed by atoms with van der Waals surface area (Å²) in [5.74, 6) is 0. The quantitative estimate of drug-likeness (QED) is 0.730. The fourth-order valence-corrected chi connectivity index (χ4v) is 2.38. The van der Waals surface area contributed by atoms with Crippen molar-refractivity contribution in [3.05, 3.63) is 34.9 Å². The number of piperazine rings is 1. The summed E-state index contributed by atoms with van der Waals surface area (Å²) in [5.41, 5.74) is 4.16. The number of hydrogen-bond donors (Lipinski definition) is 2. The smallest absolute Gasteiger partial charge is 0.0476 e. The van der Waals surface area contributed by atoms with Crippen LogP contribution in [-0.4, -0.2) is 19.1 Å². The van der Waals surface area contributed by atoms with Crippen LogP contribution in [0.3, 0.4) is 0 Å². The van der Waals surface area contributed by atoms with Crippen LogP contribution in [0.5, 0.6) is 0 Å². The molecular formula is C13H20N2. The molecule has 0 bridgehead atoms. The van der Waals surface area contributed by atoms with Gasteiger partial charge in [0.2, 0.25) is 0 Å². The fourth-order valence-electron chi connectivity index (χ4n) is 2.38. The monoisotopic (exact) mass is 204 g/mol. The van der Waals surface area contributed by atoms with Gasteiger partial charge in [0, 0.05) is 25.2 Å². The molecule has 1 heterocycles. The van der Waals surface area contributed by atoms with Crippen LogP contribution >= 0.6 is 0 Å². The summed E-state index contributed by atoms with van der Waals surface area (Å²) in [7, 11) is 0. The van der Waals surface area contributed by atoms with Crippen molar-refractivity contribution in [2.45, 2.75) is 32.9 Å². The summed E-state index contributed by atoms with van der Waals surface area (Å²) in [6, 6.07) is 7.69. The Labute approximate surface area is 92.1 Å². The normalized spacial score (nSPS) is 26.6. The highest BCUT2D eigenvalue weighted by molar-refractivity contribution is 5.33. The van der Waals surface area contributed by atoms with Gasteiger partial charge in [0.25, 0.3) is 0 Å². The van der Waals surface area contributed by atoms with Crippen LogP contribution in [0.25, 0.3) is 0 Å². The number of hydrogen-bond acceptors (Lipinski definition) is 2. The zero-order chi connectivity index (χ0) is 10.8. The van der Waals surface area contributed by atoms with E-state index in [1.165, 1.54) is 16.7 Å². The molecule has 2 rings (SSSR count). The largest absolute Gasteiger partial charge is 0.311 e. The Morgan fingerprint density at radius 1 is 1.13 bits per heavy atom. The van der Waals surface area contributed by atoms with Gasteiger partial charge in [0.15, 0.2) is 0 Å². The van der Waals surface area contributed by atoms with Crippen molar-refractivity contribution in [2.75, 3.05) is 13.1 Å². The van der Waals surface area contributed by atoms with Crippen molar-refractivity contribution >= 4 is 0 Å². The highest BCUT2D eigenvalue weighted by Crippen LogP contribution is 2.22. The predicted molar refractivity (Wildman–Crippen MR) is 64.1 cm³/mol. The molecule has 1 aliphatic heterocycles. The van der Waals surface area contributed by atoms with E-state index in [2.05, 4.69) is 49.6 Å². The van der Waals surface area contributed by atoms with E-state index in [-0.39, 0.29) is 0 Å². The first-order chi connectivity index (χ1) is 7.18. The van der Waals surface area contributed by atoms with Crippen LogP contribution in [0.2, 0.25) is 0 Å². The Morgan fingerprint density at radius 3 is 2.53 bits per heavy atom. The number of nitrogens with one attached hydrogen (secondary N) is 2. The molecule has 2 unspecified atom stereocenters. The second-order valence-corrected chi connectivity index (χ2v) is 4.53. The first kappa shape index (κ1) is 10.7. The van der Waals surface area contributed by atoms with Gasteiger partial charge in [0.1, 0.15) is 0 Å². The lowest BCUT2D eigenvalue weighted by atomic mass is 9.93. The Balaban J connectivity index is 2.27. The highest BCUT2D eigenvalue weighted by atomic mass is 15.1. The molecule has 1 fully saturated rings. The lowest BCUT2D eigenvalue weighted by Gasteiger charge is -2.32. The first-order valence-electron chi connectivity index (χ1n) is 5.72. The van der Waals surface area contributed by atoms with Crippen LogP contribution < -0.4 is 10.6 Å². The first-order valence-corrected chi connectivity index (χ1v) is 5.72. The van der Waals surface area contributed by atoms with E-state index in [1.807, 2.05) is 0 Å². The number of aryl methyl sites for hydroxylation is 2. The van der Waals surface area contributed by atoms with Gasteiger partial charge in [-0.25, -0.2) is 0 Å². The van der Waals surface area contributed by atoms with E-state index in [1.54, 1.807) is 0 Å². The lowest BCUT2D eigenvalue weighted by Crippen LogP contribution is -2.49. The Hall–Kier alpha value is -0.860. The average molecular weight is 204 g/mol. The SMILES string of the molecule is Cc1ccc(C2NCCNC2C)c(C)c1. The minimum absolute atomic E-state index is 0.458. The maximum absolute atomic E-state index is 3.58. The van der Waals surface area contributed by atoms with E-state index in [9.17, 15) is 0 Å². The van der Waals surface area contributed by atoms with Crippen LogP contribution in [0.4, 0.5) is 0 Å². The highest BCUT2D eigenvalue weighted by Gasteiger charge is 2.22. The van der Waals surface area contributed by atoms with E-state index >= 15 is 0 Å². The molecular weight excluding hydrogens is 184 g/mol. The molecule has 1 aliphatic rings. The summed E-state index contributed by atoms with van der Waals surface area (Å²) < 4.78 is 0. The van der Waals surface area contributed by atoms with E-state index in [4.69, 9.17) is 0 Å². The third kappa shape index (κ3) is 2.21. The van der Waals surface area contributed by atoms with Crippen molar-refractivity contribution in [1.82, 2.24) is 10.6 Å². The van der Waals surface area contributed by atoms with E-state index in [0.717, 1.165) is 13.1 Å². The van der Waals surface area contributed by atoms with Gasteiger partial charge < -0.3 is 10.6 Å². The maximum atomic E-state index is 3.58. The minimum atomic E-state index is 0.458. The van der Waals surface area contributed by atoms with Crippen molar-refractivity contribution in [3.8, 4) is 0 Å². The number of rotatable bonds is 1. The fraction of sp³-hybridized carbons (Fsp3) is 0.538. The van der Waals surface area contributed by atoms with Crippen molar-refractivity contribution in [1.29, 1.82) is 0 Å². The molecule has 0 aromatic heterocycles. The lowest BCUT2D eigenvalue weighted by molar-refractivity contribution is 0.344. The summed E-state index contributed by atoms with van der Waals surface area (Å²) in [5, 5.41) is 7.09. The van der Waals surface area contributed by atoms with Crippen molar-refractivity contribution < 1.29 is 0 Å². The minimum Gasteiger partial charge on any atom is -0.311 e. The zero-order valence-electron chi connectivity index (χ0n) is 9.80. The summed E-state index contributed by atoms with van der Waals surface area (Å²) >= 11 is 0. The molecule has 2 N–H and O–H groups in total. The molecule has 2 nitrogen and oxygen atoms in total. The second kappa shape index (κ2) is 4.33. The molecule has 2 heteroatoms. The Morgan fingerprint density at radius 2 is 1.87 bits per heavy atom. The van der Waals surface area contributed by atoms with Crippen molar-refractivity contribution in [3.63, 3.8) is 0 Å². The van der Waals surface area contributed by atoms with E-state index in [0.29, 0.717) is 12.1 Å². The molecule has 0 spiro atoms. The van der Waals surface area contributed by atoms with Gasteiger partial charge in [-0.1, -0.05) is 23.8 Å². The predicted octanol–water partition coefficient (Wildman–Crippen LogP) is 1.93. The van der Waals surface area contributed by atoms with Gasteiger partial charge >= 0.3 is 0 Å². The molecule has 82 valence electrons. The van der Waals surface area contributed by atoms with E-state index < -0.39 is 0 Å². The Bertz CT molecular complexity index is 346. The third-order valence-corrected chi connectivity index (χ3v) is 3.22. The zero-order valence-corrected chi connectivity index (χ0v) is 9.80. The molecule has 1 aromatic carbocycles. The Kier molecular flexibility index (Phi) is 3.08. The van der Waals surface area contributed by atoms with Gasteiger partial charge in [-0.2, -0.15) is 0 Å². The average Bonchev–Trinajstić information content (AvgIpc) is 2.20. The van der Waals surface area contributed by atoms with Crippen LogP contribution in [0.1, 0.15) is 29.7 Å². The molecule has 0 radical (unpaired) electrons. The van der Waals surface area contributed by atoms with Gasteiger partial charge in [-0.3, -0.25) is 0 Å². The summed E-state index contributed by atoms with van der Waals surface area (Å²) in [6.45, 7) is 8.72. The van der Waals surface area contributed by atoms with Gasteiger partial charge in [-0.05, 0) is 31.9 Å². The molecule has 2 atom stereocenters. The van der Waals surface area contributed by atoms with Gasteiger partial charge in [0.05, 0.1) is 0 Å². The van der Waals surface area contributed by atoms with Crippen LogP contribution in [0, 0.1) is 13.8 Å².